The molecule has 2 heterocycles. The number of benzene rings is 2. The van der Waals surface area contributed by atoms with E-state index in [9.17, 15) is 13.2 Å². The highest BCUT2D eigenvalue weighted by Gasteiger charge is 2.21. The molecule has 4 rings (SSSR count). The number of sulfonamides is 1. The van der Waals surface area contributed by atoms with E-state index in [0.717, 1.165) is 24.9 Å². The molecule has 0 radical (unpaired) electrons. The zero-order chi connectivity index (χ0) is 24.0. The minimum atomic E-state index is -3.51. The SMILES string of the molecule is CS(=O)(=O)N(CCCC(=O)NCc1ccc(N2CCCCC2)cc1)c1ccc2c(c1)OCCO2. The van der Waals surface area contributed by atoms with E-state index in [1.165, 1.54) is 29.3 Å². The van der Waals surface area contributed by atoms with E-state index in [-0.39, 0.29) is 18.9 Å². The molecule has 0 aliphatic carbocycles. The summed E-state index contributed by atoms with van der Waals surface area (Å²) >= 11 is 0. The first-order valence-corrected chi connectivity index (χ1v) is 13.7. The van der Waals surface area contributed by atoms with Crippen LogP contribution in [0.25, 0.3) is 0 Å². The maximum atomic E-state index is 12.4. The Morgan fingerprint density at radius 2 is 1.71 bits per heavy atom. The van der Waals surface area contributed by atoms with Crippen molar-refractivity contribution in [3.8, 4) is 11.5 Å². The van der Waals surface area contributed by atoms with Crippen LogP contribution in [0.4, 0.5) is 11.4 Å². The predicted molar refractivity (Wildman–Crippen MR) is 133 cm³/mol. The number of ether oxygens (including phenoxy) is 2. The maximum absolute atomic E-state index is 12.4. The van der Waals surface area contributed by atoms with E-state index in [2.05, 4.69) is 34.5 Å². The lowest BCUT2D eigenvalue weighted by molar-refractivity contribution is -0.121. The number of hydrogen-bond acceptors (Lipinski definition) is 6. The van der Waals surface area contributed by atoms with E-state index < -0.39 is 10.0 Å². The van der Waals surface area contributed by atoms with Crippen molar-refractivity contribution in [1.82, 2.24) is 5.32 Å². The Labute approximate surface area is 201 Å². The monoisotopic (exact) mass is 487 g/mol. The number of nitrogens with zero attached hydrogens (tertiary/aromatic N) is 2. The highest BCUT2D eigenvalue weighted by molar-refractivity contribution is 7.92. The van der Waals surface area contributed by atoms with Crippen LogP contribution < -0.4 is 24.0 Å². The summed E-state index contributed by atoms with van der Waals surface area (Å²) in [6.45, 7) is 3.77. The van der Waals surface area contributed by atoms with Gasteiger partial charge in [0, 0.05) is 44.4 Å². The summed E-state index contributed by atoms with van der Waals surface area (Å²) < 4.78 is 37.1. The third kappa shape index (κ3) is 6.34. The molecule has 1 amide bonds. The van der Waals surface area contributed by atoms with Gasteiger partial charge < -0.3 is 19.7 Å². The molecule has 1 fully saturated rings. The highest BCUT2D eigenvalue weighted by atomic mass is 32.2. The summed E-state index contributed by atoms with van der Waals surface area (Å²) in [4.78, 5) is 14.8. The van der Waals surface area contributed by atoms with Crippen molar-refractivity contribution < 1.29 is 22.7 Å². The summed E-state index contributed by atoms with van der Waals surface area (Å²) in [5.74, 6) is 1.03. The maximum Gasteiger partial charge on any atom is 0.232 e. The number of anilines is 2. The van der Waals surface area contributed by atoms with Gasteiger partial charge in [-0.2, -0.15) is 0 Å². The summed E-state index contributed by atoms with van der Waals surface area (Å²) in [7, 11) is -3.51. The van der Waals surface area contributed by atoms with Gasteiger partial charge in [0.25, 0.3) is 0 Å². The van der Waals surface area contributed by atoms with Crippen LogP contribution in [0.15, 0.2) is 42.5 Å². The number of rotatable bonds is 9. The number of hydrogen-bond donors (Lipinski definition) is 1. The molecule has 2 aromatic rings. The summed E-state index contributed by atoms with van der Waals surface area (Å²) in [5, 5.41) is 2.93. The van der Waals surface area contributed by atoms with Crippen LogP contribution in [0.2, 0.25) is 0 Å². The second-order valence-corrected chi connectivity index (χ2v) is 10.7. The van der Waals surface area contributed by atoms with Crippen molar-refractivity contribution in [2.75, 3.05) is 48.3 Å². The number of carbonyl (C=O) groups is 1. The van der Waals surface area contributed by atoms with Crippen molar-refractivity contribution in [3.63, 3.8) is 0 Å². The molecule has 2 aliphatic heterocycles. The van der Waals surface area contributed by atoms with Crippen molar-refractivity contribution in [3.05, 3.63) is 48.0 Å². The van der Waals surface area contributed by atoms with Crippen molar-refractivity contribution in [1.29, 1.82) is 0 Å². The minimum Gasteiger partial charge on any atom is -0.486 e. The molecule has 2 aliphatic rings. The van der Waals surface area contributed by atoms with Crippen LogP contribution in [0, 0.1) is 0 Å². The largest absolute Gasteiger partial charge is 0.486 e. The second-order valence-electron chi connectivity index (χ2n) is 8.76. The summed E-state index contributed by atoms with van der Waals surface area (Å²) in [6.07, 6.45) is 5.59. The van der Waals surface area contributed by atoms with E-state index in [1.54, 1.807) is 18.2 Å². The van der Waals surface area contributed by atoms with Crippen LogP contribution in [0.5, 0.6) is 11.5 Å². The topological polar surface area (TPSA) is 88.2 Å². The molecule has 9 heteroatoms. The number of nitrogens with one attached hydrogen (secondary N) is 1. The third-order valence-corrected chi connectivity index (χ3v) is 7.32. The van der Waals surface area contributed by atoms with Crippen molar-refractivity contribution in [2.24, 2.45) is 0 Å². The quantitative estimate of drug-likeness (QED) is 0.584. The third-order valence-electron chi connectivity index (χ3n) is 6.13. The smallest absolute Gasteiger partial charge is 0.232 e. The van der Waals surface area contributed by atoms with Gasteiger partial charge in [-0.1, -0.05) is 12.1 Å². The molecule has 184 valence electrons. The van der Waals surface area contributed by atoms with Crippen molar-refractivity contribution >= 4 is 27.3 Å². The molecule has 2 aromatic carbocycles. The predicted octanol–water partition coefficient (Wildman–Crippen LogP) is 3.31. The van der Waals surface area contributed by atoms with Crippen molar-refractivity contribution in [2.45, 2.75) is 38.6 Å². The lowest BCUT2D eigenvalue weighted by Crippen LogP contribution is -2.32. The Hall–Kier alpha value is -2.94. The first-order chi connectivity index (χ1) is 16.4. The zero-order valence-electron chi connectivity index (χ0n) is 19.7. The van der Waals surface area contributed by atoms with Gasteiger partial charge in [-0.25, -0.2) is 8.42 Å². The van der Waals surface area contributed by atoms with E-state index in [1.807, 2.05) is 0 Å². The number of fused-ring (bicyclic) bond motifs is 1. The molecule has 34 heavy (non-hydrogen) atoms. The minimum absolute atomic E-state index is 0.101. The Morgan fingerprint density at radius 3 is 2.41 bits per heavy atom. The van der Waals surface area contributed by atoms with Gasteiger partial charge in [-0.3, -0.25) is 9.10 Å². The van der Waals surface area contributed by atoms with Gasteiger partial charge in [0.15, 0.2) is 11.5 Å². The molecule has 0 saturated carbocycles. The fourth-order valence-corrected chi connectivity index (χ4v) is 5.28. The fraction of sp³-hybridized carbons (Fsp3) is 0.480. The first kappa shape index (κ1) is 24.2. The molecule has 1 N–H and O–H groups in total. The van der Waals surface area contributed by atoms with Crippen LogP contribution >= 0.6 is 0 Å². The lowest BCUT2D eigenvalue weighted by atomic mass is 10.1. The summed E-state index contributed by atoms with van der Waals surface area (Å²) in [5.41, 5.74) is 2.78. The van der Waals surface area contributed by atoms with E-state index in [0.29, 0.717) is 43.4 Å². The normalized spacial score (nSPS) is 15.6. The molecular formula is C25H33N3O5S. The molecule has 0 unspecified atom stereocenters. The number of amides is 1. The zero-order valence-corrected chi connectivity index (χ0v) is 20.5. The summed E-state index contributed by atoms with van der Waals surface area (Å²) in [6, 6.07) is 13.4. The average molecular weight is 488 g/mol. The fourth-order valence-electron chi connectivity index (χ4n) is 4.32. The van der Waals surface area contributed by atoms with Gasteiger partial charge in [-0.15, -0.1) is 0 Å². The Morgan fingerprint density at radius 1 is 1.00 bits per heavy atom. The molecule has 0 atom stereocenters. The van der Waals surface area contributed by atoms with Gasteiger partial charge in [0.1, 0.15) is 13.2 Å². The lowest BCUT2D eigenvalue weighted by Gasteiger charge is -2.28. The van der Waals surface area contributed by atoms with E-state index in [4.69, 9.17) is 9.47 Å². The molecule has 0 aromatic heterocycles. The Bertz CT molecular complexity index is 1080. The van der Waals surface area contributed by atoms with Gasteiger partial charge in [0.05, 0.1) is 11.9 Å². The standard InChI is InChI=1S/C25H33N3O5S/c1-34(30,31)28(22-11-12-23-24(18-22)33-17-16-32-23)15-5-6-25(29)26-19-20-7-9-21(10-8-20)27-13-3-2-4-14-27/h7-12,18H,2-6,13-17,19H2,1H3,(H,26,29). The Balaban J connectivity index is 1.26. The second kappa shape index (κ2) is 11.0. The molecule has 0 bridgehead atoms. The molecule has 8 nitrogen and oxygen atoms in total. The highest BCUT2D eigenvalue weighted by Crippen LogP contribution is 2.34. The molecule has 1 saturated heterocycles. The van der Waals surface area contributed by atoms with Crippen LogP contribution in [-0.4, -0.2) is 53.4 Å². The van der Waals surface area contributed by atoms with Crippen LogP contribution in [0.1, 0.15) is 37.7 Å². The Kier molecular flexibility index (Phi) is 7.82. The van der Waals surface area contributed by atoms with Crippen LogP contribution in [0.3, 0.4) is 0 Å². The van der Waals surface area contributed by atoms with E-state index >= 15 is 0 Å². The van der Waals surface area contributed by atoms with Gasteiger partial charge in [0.2, 0.25) is 15.9 Å². The average Bonchev–Trinajstić information content (AvgIpc) is 2.85. The number of piperidine rings is 1. The first-order valence-electron chi connectivity index (χ1n) is 11.9. The van der Waals surface area contributed by atoms with Crippen LogP contribution in [-0.2, 0) is 21.4 Å². The molecular weight excluding hydrogens is 454 g/mol. The molecule has 0 spiro atoms. The van der Waals surface area contributed by atoms with Gasteiger partial charge >= 0.3 is 0 Å². The van der Waals surface area contributed by atoms with Gasteiger partial charge in [-0.05, 0) is 55.5 Å². The number of carbonyl (C=O) groups excluding carboxylic acids is 1.